The first kappa shape index (κ1) is 55.3. The van der Waals surface area contributed by atoms with E-state index in [0.29, 0.717) is 58.7 Å². The molecule has 1 heterocycles. The molecule has 1 fully saturated rings. The van der Waals surface area contributed by atoms with E-state index in [1.807, 2.05) is 9.80 Å². The van der Waals surface area contributed by atoms with Crippen molar-refractivity contribution < 1.29 is 19.1 Å². The molecule has 1 aliphatic heterocycles. The number of hydrogen-bond acceptors (Lipinski definition) is 7. The molecule has 2 amide bonds. The number of nitrogens with zero attached hydrogens (tertiary/aromatic N) is 5. The second-order valence-corrected chi connectivity index (χ2v) is 17.9. The van der Waals surface area contributed by atoms with Crippen LogP contribution in [-0.4, -0.2) is 134 Å². The zero-order valence-electron chi connectivity index (χ0n) is 40.1. The van der Waals surface area contributed by atoms with Crippen molar-refractivity contribution in [2.75, 3.05) is 91.7 Å². The van der Waals surface area contributed by atoms with Crippen LogP contribution in [0.25, 0.3) is 0 Å². The van der Waals surface area contributed by atoms with Gasteiger partial charge in [-0.2, -0.15) is 0 Å². The molecule has 0 N–H and O–H groups in total. The van der Waals surface area contributed by atoms with Crippen molar-refractivity contribution in [2.24, 2.45) is 0 Å². The molecule has 0 spiro atoms. The van der Waals surface area contributed by atoms with Gasteiger partial charge >= 0.3 is 5.97 Å². The van der Waals surface area contributed by atoms with Gasteiger partial charge in [0.05, 0.1) is 19.7 Å². The molecule has 0 aromatic rings. The van der Waals surface area contributed by atoms with Gasteiger partial charge in [-0.05, 0) is 71.2 Å². The van der Waals surface area contributed by atoms with Crippen LogP contribution >= 0.6 is 0 Å². The number of piperazine rings is 1. The molecule has 0 bridgehead atoms. The van der Waals surface area contributed by atoms with Gasteiger partial charge in [0.1, 0.15) is 0 Å². The van der Waals surface area contributed by atoms with E-state index in [0.717, 1.165) is 71.4 Å². The third-order valence-corrected chi connectivity index (χ3v) is 12.4. The number of hydrogen-bond donors (Lipinski definition) is 0. The van der Waals surface area contributed by atoms with Crippen LogP contribution in [0.2, 0.25) is 0 Å². The summed E-state index contributed by atoms with van der Waals surface area (Å²) in [6, 6.07) is 0. The normalized spacial score (nSPS) is 13.4. The number of carbonyl (C=O) groups is 3. The average Bonchev–Trinajstić information content (AvgIpc) is 3.24. The lowest BCUT2D eigenvalue weighted by Gasteiger charge is -2.37. The zero-order chi connectivity index (χ0) is 43.0. The quantitative estimate of drug-likeness (QED) is 0.0448. The van der Waals surface area contributed by atoms with Gasteiger partial charge in [-0.15, -0.1) is 0 Å². The lowest BCUT2D eigenvalue weighted by atomic mass is 10.1. The lowest BCUT2D eigenvalue weighted by Crippen LogP contribution is -2.54. The molecule has 348 valence electrons. The third kappa shape index (κ3) is 31.7. The Labute approximate surface area is 366 Å². The molecule has 1 rings (SSSR count). The van der Waals surface area contributed by atoms with Crippen molar-refractivity contribution in [3.8, 4) is 0 Å². The smallest absolute Gasteiger partial charge is 0.305 e. The topological polar surface area (TPSA) is 76.6 Å². The van der Waals surface area contributed by atoms with Gasteiger partial charge in [0.15, 0.2) is 0 Å². The summed E-state index contributed by atoms with van der Waals surface area (Å²) in [5, 5.41) is 0. The second kappa shape index (κ2) is 40.4. The fraction of sp³-hybridized carbons (Fsp3) is 0.940. The van der Waals surface area contributed by atoms with E-state index < -0.39 is 0 Å². The van der Waals surface area contributed by atoms with E-state index in [1.165, 1.54) is 141 Å². The van der Waals surface area contributed by atoms with Gasteiger partial charge in [0, 0.05) is 45.7 Å². The molecule has 9 nitrogen and oxygen atoms in total. The molecule has 0 aromatic heterocycles. The average molecular weight is 834 g/mol. The molecule has 1 aliphatic rings. The summed E-state index contributed by atoms with van der Waals surface area (Å²) < 4.78 is 5.44. The van der Waals surface area contributed by atoms with Crippen LogP contribution in [0.1, 0.15) is 214 Å². The summed E-state index contributed by atoms with van der Waals surface area (Å²) >= 11 is 0. The first-order chi connectivity index (χ1) is 28.9. The minimum Gasteiger partial charge on any atom is -0.466 e. The Bertz CT molecular complexity index is 975. The van der Waals surface area contributed by atoms with Gasteiger partial charge < -0.3 is 19.4 Å². The minimum atomic E-state index is -0.123. The van der Waals surface area contributed by atoms with Crippen LogP contribution in [0.15, 0.2) is 0 Å². The highest BCUT2D eigenvalue weighted by Gasteiger charge is 2.26. The Morgan fingerprint density at radius 3 is 1.14 bits per heavy atom. The van der Waals surface area contributed by atoms with E-state index in [9.17, 15) is 14.4 Å². The molecule has 1 saturated heterocycles. The standard InChI is InChI=1S/C50H99N5O4/c1-6-11-16-19-22-25-28-35-51(34-15-10-5)39-40-53(37-30-27-24-21-18-13-8-3)47-49(57)55-43-41-54(42-44-55)48(56)46-52(36-29-26-23-20-17-12-7-2)38-32-33-50(58)59-45-31-14-9-4/h6-47H2,1-5H3. The maximum Gasteiger partial charge on any atom is 0.305 e. The van der Waals surface area contributed by atoms with Crippen LogP contribution in [0.3, 0.4) is 0 Å². The predicted octanol–water partition coefficient (Wildman–Crippen LogP) is 11.1. The number of ether oxygens (including phenoxy) is 1. The Morgan fingerprint density at radius 2 is 0.695 bits per heavy atom. The highest BCUT2D eigenvalue weighted by atomic mass is 16.5. The summed E-state index contributed by atoms with van der Waals surface area (Å²) in [4.78, 5) is 51.2. The van der Waals surface area contributed by atoms with Gasteiger partial charge in [0.25, 0.3) is 0 Å². The maximum atomic E-state index is 13.8. The van der Waals surface area contributed by atoms with Crippen molar-refractivity contribution in [1.82, 2.24) is 24.5 Å². The number of amides is 2. The molecule has 0 aromatic carbocycles. The highest BCUT2D eigenvalue weighted by Crippen LogP contribution is 2.13. The maximum absolute atomic E-state index is 13.8. The monoisotopic (exact) mass is 834 g/mol. The van der Waals surface area contributed by atoms with Crippen molar-refractivity contribution in [2.45, 2.75) is 214 Å². The van der Waals surface area contributed by atoms with E-state index >= 15 is 0 Å². The van der Waals surface area contributed by atoms with Crippen LogP contribution in [0.4, 0.5) is 0 Å². The SMILES string of the molecule is CCCCCCCCCN(CCCC)CCN(CCCCCCCCC)CC(=O)N1CCN(C(=O)CN(CCCCCCCCC)CCCC(=O)OCCCCC)CC1. The fourth-order valence-electron chi connectivity index (χ4n) is 8.26. The number of esters is 1. The summed E-state index contributed by atoms with van der Waals surface area (Å²) in [6.45, 7) is 22.0. The van der Waals surface area contributed by atoms with Crippen LogP contribution in [0, 0.1) is 0 Å². The van der Waals surface area contributed by atoms with E-state index in [4.69, 9.17) is 4.74 Å². The molecule has 59 heavy (non-hydrogen) atoms. The molecule has 0 radical (unpaired) electrons. The molecule has 0 unspecified atom stereocenters. The van der Waals surface area contributed by atoms with Crippen LogP contribution in [0.5, 0.6) is 0 Å². The van der Waals surface area contributed by atoms with E-state index in [2.05, 4.69) is 49.3 Å². The summed E-state index contributed by atoms with van der Waals surface area (Å²) in [7, 11) is 0. The molecule has 0 aliphatic carbocycles. The third-order valence-electron chi connectivity index (χ3n) is 12.4. The predicted molar refractivity (Wildman–Crippen MR) is 251 cm³/mol. The van der Waals surface area contributed by atoms with Gasteiger partial charge in [0.2, 0.25) is 11.8 Å². The number of carbonyl (C=O) groups excluding carboxylic acids is 3. The van der Waals surface area contributed by atoms with Gasteiger partial charge in [-0.1, -0.05) is 169 Å². The van der Waals surface area contributed by atoms with E-state index in [1.54, 1.807) is 0 Å². The minimum absolute atomic E-state index is 0.123. The fourth-order valence-corrected chi connectivity index (χ4v) is 8.26. The van der Waals surface area contributed by atoms with Crippen molar-refractivity contribution in [1.29, 1.82) is 0 Å². The highest BCUT2D eigenvalue weighted by molar-refractivity contribution is 5.80. The van der Waals surface area contributed by atoms with Gasteiger partial charge in [-0.3, -0.25) is 24.2 Å². The molecule has 0 atom stereocenters. The molecule has 0 saturated carbocycles. The lowest BCUT2D eigenvalue weighted by molar-refractivity contribution is -0.144. The number of rotatable bonds is 42. The van der Waals surface area contributed by atoms with E-state index in [-0.39, 0.29) is 17.8 Å². The first-order valence-electron chi connectivity index (χ1n) is 25.8. The second-order valence-electron chi connectivity index (χ2n) is 17.9. The Kier molecular flexibility index (Phi) is 37.8. The van der Waals surface area contributed by atoms with Crippen LogP contribution < -0.4 is 0 Å². The zero-order valence-corrected chi connectivity index (χ0v) is 40.1. The molecular weight excluding hydrogens is 735 g/mol. The summed E-state index contributed by atoms with van der Waals surface area (Å²) in [5.74, 6) is 0.243. The first-order valence-corrected chi connectivity index (χ1v) is 25.8. The summed E-state index contributed by atoms with van der Waals surface area (Å²) in [6.07, 6.45) is 33.7. The Morgan fingerprint density at radius 1 is 0.373 bits per heavy atom. The van der Waals surface area contributed by atoms with Gasteiger partial charge in [-0.25, -0.2) is 0 Å². The van der Waals surface area contributed by atoms with Crippen molar-refractivity contribution >= 4 is 17.8 Å². The number of unbranched alkanes of at least 4 members (excludes halogenated alkanes) is 21. The largest absolute Gasteiger partial charge is 0.466 e. The Hall–Kier alpha value is -1.71. The Balaban J connectivity index is 2.72. The summed E-state index contributed by atoms with van der Waals surface area (Å²) in [5.41, 5.74) is 0. The molecule has 9 heteroatoms. The van der Waals surface area contributed by atoms with Crippen molar-refractivity contribution in [3.63, 3.8) is 0 Å². The van der Waals surface area contributed by atoms with Crippen molar-refractivity contribution in [3.05, 3.63) is 0 Å². The molecular formula is C50H99N5O4. The van der Waals surface area contributed by atoms with Crippen LogP contribution in [-0.2, 0) is 19.1 Å².